The summed E-state index contributed by atoms with van der Waals surface area (Å²) in [5.41, 5.74) is 3.18. The first-order chi connectivity index (χ1) is 12.9. The average Bonchev–Trinajstić information content (AvgIpc) is 2.66. The highest BCUT2D eigenvalue weighted by Gasteiger charge is 2.36. The number of halogens is 3. The lowest BCUT2D eigenvalue weighted by molar-refractivity contribution is -0.145. The molecule has 1 fully saturated rings. The van der Waals surface area contributed by atoms with Gasteiger partial charge < -0.3 is 15.4 Å². The Labute approximate surface area is 154 Å². The van der Waals surface area contributed by atoms with E-state index in [1.165, 1.54) is 24.3 Å². The Morgan fingerprint density at radius 1 is 1.22 bits per heavy atom. The van der Waals surface area contributed by atoms with Crippen LogP contribution < -0.4 is 15.4 Å². The molecule has 0 unspecified atom stereocenters. The molecule has 4 rings (SSSR count). The number of anilines is 2. The Morgan fingerprint density at radius 3 is 2.85 bits per heavy atom. The maximum atomic E-state index is 13.0. The summed E-state index contributed by atoms with van der Waals surface area (Å²) in [7, 11) is 1.27. The summed E-state index contributed by atoms with van der Waals surface area (Å²) in [5, 5.41) is 6.37. The van der Waals surface area contributed by atoms with Crippen LogP contribution in [0.1, 0.15) is 23.0 Å². The highest BCUT2D eigenvalue weighted by molar-refractivity contribution is 5.59. The van der Waals surface area contributed by atoms with Crippen LogP contribution >= 0.6 is 0 Å². The number of aromatic nitrogens is 2. The molecule has 9 heteroatoms. The van der Waals surface area contributed by atoms with Crippen molar-refractivity contribution in [3.63, 3.8) is 0 Å². The average molecular weight is 379 g/mol. The fourth-order valence-corrected chi connectivity index (χ4v) is 3.68. The summed E-state index contributed by atoms with van der Waals surface area (Å²) in [5.74, 6) is -1.32. The fraction of sp³-hybridized carbons (Fsp3) is 0.444. The summed E-state index contributed by atoms with van der Waals surface area (Å²) >= 11 is 0. The number of fused-ring (bicyclic) bond motifs is 3. The number of hydrogen-bond donors (Lipinski definition) is 2. The maximum absolute atomic E-state index is 13.0. The minimum absolute atomic E-state index is 0.0471. The maximum Gasteiger partial charge on any atom is 0.451 e. The monoisotopic (exact) mass is 379 g/mol. The molecule has 0 spiro atoms. The molecular formula is C18H20F3N5O. The van der Waals surface area contributed by atoms with E-state index in [1.807, 2.05) is 18.2 Å². The van der Waals surface area contributed by atoms with Crippen molar-refractivity contribution in [3.05, 3.63) is 41.2 Å². The van der Waals surface area contributed by atoms with E-state index >= 15 is 0 Å². The number of nitrogens with one attached hydrogen (secondary N) is 2. The molecule has 0 aliphatic carbocycles. The Balaban J connectivity index is 1.61. The molecule has 2 aliphatic heterocycles. The van der Waals surface area contributed by atoms with Gasteiger partial charge in [0.15, 0.2) is 0 Å². The van der Waals surface area contributed by atoms with E-state index in [0.29, 0.717) is 11.7 Å². The first kappa shape index (κ1) is 18.0. The van der Waals surface area contributed by atoms with Gasteiger partial charge in [0.25, 0.3) is 0 Å². The van der Waals surface area contributed by atoms with E-state index in [1.54, 1.807) is 0 Å². The van der Waals surface area contributed by atoms with Crippen LogP contribution in [0.3, 0.4) is 0 Å². The lowest BCUT2D eigenvalue weighted by Gasteiger charge is -2.41. The molecule has 0 amide bonds. The summed E-state index contributed by atoms with van der Waals surface area (Å²) in [6.07, 6.45) is -3.72. The number of nitrogens with zero attached hydrogens (tertiary/aromatic N) is 3. The van der Waals surface area contributed by atoms with Crippen molar-refractivity contribution < 1.29 is 17.9 Å². The predicted molar refractivity (Wildman–Crippen MR) is 94.2 cm³/mol. The number of alkyl halides is 3. The van der Waals surface area contributed by atoms with Gasteiger partial charge in [-0.15, -0.1) is 0 Å². The minimum Gasteiger partial charge on any atom is -0.481 e. The molecule has 1 atom stereocenters. The first-order valence-corrected chi connectivity index (χ1v) is 8.79. The Kier molecular flexibility index (Phi) is 4.65. The second-order valence-electron chi connectivity index (χ2n) is 6.66. The van der Waals surface area contributed by atoms with Gasteiger partial charge in [0.2, 0.25) is 11.7 Å². The standard InChI is InChI=1S/C18H20F3N5O/c1-27-16-9-15(24-17(25-16)18(19,20)21)23-12-2-3-13-11(8-12)4-6-26-7-5-22-10-14(13)26/h2-3,8-9,14,22H,4-7,10H2,1H3,(H,23,24,25)/t14-/m0/s1. The molecule has 2 aliphatic rings. The van der Waals surface area contributed by atoms with Gasteiger partial charge >= 0.3 is 6.18 Å². The molecule has 27 heavy (non-hydrogen) atoms. The van der Waals surface area contributed by atoms with E-state index < -0.39 is 12.0 Å². The molecule has 0 radical (unpaired) electrons. The number of methoxy groups -OCH3 is 1. The van der Waals surface area contributed by atoms with Gasteiger partial charge in [-0.3, -0.25) is 4.90 Å². The van der Waals surface area contributed by atoms with E-state index in [9.17, 15) is 13.2 Å². The number of hydrogen-bond acceptors (Lipinski definition) is 6. The molecule has 0 bridgehead atoms. The Bertz CT molecular complexity index is 842. The van der Waals surface area contributed by atoms with Gasteiger partial charge in [0, 0.05) is 44.0 Å². The summed E-state index contributed by atoms with van der Waals surface area (Å²) in [4.78, 5) is 9.42. The van der Waals surface area contributed by atoms with Crippen molar-refractivity contribution in [1.29, 1.82) is 0 Å². The van der Waals surface area contributed by atoms with Crippen molar-refractivity contribution in [3.8, 4) is 5.88 Å². The third kappa shape index (κ3) is 3.70. The van der Waals surface area contributed by atoms with E-state index in [0.717, 1.165) is 32.6 Å². The second-order valence-corrected chi connectivity index (χ2v) is 6.66. The highest BCUT2D eigenvalue weighted by Crippen LogP contribution is 2.33. The lowest BCUT2D eigenvalue weighted by atomic mass is 9.91. The fourth-order valence-electron chi connectivity index (χ4n) is 3.68. The minimum atomic E-state index is -4.64. The molecule has 0 saturated carbocycles. The molecule has 3 heterocycles. The van der Waals surface area contributed by atoms with Crippen LogP contribution in [0.5, 0.6) is 5.88 Å². The van der Waals surface area contributed by atoms with Crippen molar-refractivity contribution in [2.24, 2.45) is 0 Å². The Morgan fingerprint density at radius 2 is 2.07 bits per heavy atom. The largest absolute Gasteiger partial charge is 0.481 e. The summed E-state index contributed by atoms with van der Waals surface area (Å²) in [6, 6.07) is 7.61. The molecule has 1 aromatic heterocycles. The molecule has 1 aromatic carbocycles. The van der Waals surface area contributed by atoms with Gasteiger partial charge in [-0.1, -0.05) is 6.07 Å². The zero-order valence-corrected chi connectivity index (χ0v) is 14.8. The van der Waals surface area contributed by atoms with E-state index in [4.69, 9.17) is 4.74 Å². The van der Waals surface area contributed by atoms with Gasteiger partial charge in [-0.05, 0) is 29.7 Å². The van der Waals surface area contributed by atoms with Crippen molar-refractivity contribution in [2.75, 3.05) is 38.6 Å². The number of rotatable bonds is 3. The third-order valence-corrected chi connectivity index (χ3v) is 4.96. The summed E-state index contributed by atoms with van der Waals surface area (Å²) in [6.45, 7) is 3.94. The molecule has 1 saturated heterocycles. The lowest BCUT2D eigenvalue weighted by Crippen LogP contribution is -2.48. The summed E-state index contributed by atoms with van der Waals surface area (Å²) < 4.78 is 43.8. The smallest absolute Gasteiger partial charge is 0.451 e. The number of piperazine rings is 1. The van der Waals surface area contributed by atoms with Crippen LogP contribution in [-0.2, 0) is 12.6 Å². The molecule has 6 nitrogen and oxygen atoms in total. The van der Waals surface area contributed by atoms with Crippen LogP contribution in [0.2, 0.25) is 0 Å². The van der Waals surface area contributed by atoms with Gasteiger partial charge in [-0.25, -0.2) is 4.98 Å². The van der Waals surface area contributed by atoms with Crippen molar-refractivity contribution in [1.82, 2.24) is 20.2 Å². The van der Waals surface area contributed by atoms with Crippen LogP contribution in [0.15, 0.2) is 24.3 Å². The second kappa shape index (κ2) is 6.97. The number of benzene rings is 1. The van der Waals surface area contributed by atoms with Crippen LogP contribution in [-0.4, -0.2) is 48.2 Å². The molecule has 2 N–H and O–H groups in total. The molecule has 2 aromatic rings. The van der Waals surface area contributed by atoms with Gasteiger partial charge in [-0.2, -0.15) is 18.2 Å². The zero-order chi connectivity index (χ0) is 19.0. The first-order valence-electron chi connectivity index (χ1n) is 8.79. The molecular weight excluding hydrogens is 359 g/mol. The van der Waals surface area contributed by atoms with Gasteiger partial charge in [0.1, 0.15) is 5.82 Å². The van der Waals surface area contributed by atoms with Crippen LogP contribution in [0.25, 0.3) is 0 Å². The quantitative estimate of drug-likeness (QED) is 0.855. The van der Waals surface area contributed by atoms with E-state index in [-0.39, 0.29) is 11.7 Å². The highest BCUT2D eigenvalue weighted by atomic mass is 19.4. The van der Waals surface area contributed by atoms with Crippen molar-refractivity contribution >= 4 is 11.5 Å². The topological polar surface area (TPSA) is 62.3 Å². The predicted octanol–water partition coefficient (Wildman–Crippen LogP) is 2.75. The van der Waals surface area contributed by atoms with Crippen LogP contribution in [0.4, 0.5) is 24.7 Å². The third-order valence-electron chi connectivity index (χ3n) is 4.96. The Hall–Kier alpha value is -2.39. The molecule has 144 valence electrons. The zero-order valence-electron chi connectivity index (χ0n) is 14.8. The normalized spacial score (nSPS) is 19.9. The van der Waals surface area contributed by atoms with Crippen molar-refractivity contribution in [2.45, 2.75) is 18.6 Å². The SMILES string of the molecule is COc1cc(Nc2ccc3c(c2)CCN2CCNC[C@@H]32)nc(C(F)(F)F)n1. The van der Waals surface area contributed by atoms with Gasteiger partial charge in [0.05, 0.1) is 7.11 Å². The number of ether oxygens (including phenoxy) is 1. The van der Waals surface area contributed by atoms with Crippen LogP contribution in [0, 0.1) is 0 Å². The van der Waals surface area contributed by atoms with E-state index in [2.05, 4.69) is 25.5 Å².